The van der Waals surface area contributed by atoms with Crippen molar-refractivity contribution in [3.63, 3.8) is 0 Å². The highest BCUT2D eigenvalue weighted by Crippen LogP contribution is 2.19. The molecule has 0 saturated carbocycles. The van der Waals surface area contributed by atoms with Crippen LogP contribution in [0, 0.1) is 6.92 Å². The van der Waals surface area contributed by atoms with Gasteiger partial charge in [-0.2, -0.15) is 0 Å². The van der Waals surface area contributed by atoms with E-state index >= 15 is 0 Å². The Morgan fingerprint density at radius 2 is 2.33 bits per heavy atom. The average Bonchev–Trinajstić information content (AvgIpc) is 2.32. The second-order valence-electron chi connectivity index (χ2n) is 2.16. The van der Waals surface area contributed by atoms with Gasteiger partial charge in [0.05, 0.1) is 6.61 Å². The van der Waals surface area contributed by atoms with Crippen LogP contribution in [-0.4, -0.2) is 18.4 Å². The molecule has 2 N–H and O–H groups in total. The van der Waals surface area contributed by atoms with E-state index in [-0.39, 0.29) is 5.48 Å². The van der Waals surface area contributed by atoms with E-state index in [4.69, 9.17) is 9.15 Å². The number of carbonyl (C=O) groups is 1. The van der Waals surface area contributed by atoms with Crippen molar-refractivity contribution in [1.29, 1.82) is 0 Å². The van der Waals surface area contributed by atoms with E-state index in [9.17, 15) is 4.79 Å². The number of rotatable bonds is 3. The van der Waals surface area contributed by atoms with Gasteiger partial charge in [0.1, 0.15) is 0 Å². The Morgan fingerprint density at radius 3 is 2.75 bits per heavy atom. The van der Waals surface area contributed by atoms with E-state index in [0.717, 1.165) is 5.56 Å². The first kappa shape index (κ1) is 10.7. The van der Waals surface area contributed by atoms with Crippen molar-refractivity contribution in [3.8, 4) is 5.95 Å². The largest absolute Gasteiger partial charge is 0.465 e. The molecule has 0 saturated heterocycles. The zero-order valence-corrected chi connectivity index (χ0v) is 7.09. The lowest BCUT2D eigenvalue weighted by atomic mass is 10.3. The van der Waals surface area contributed by atoms with Crippen molar-refractivity contribution in [3.05, 3.63) is 17.4 Å². The Morgan fingerprint density at radius 1 is 1.67 bits per heavy atom. The van der Waals surface area contributed by atoms with Crippen molar-refractivity contribution in [2.24, 2.45) is 0 Å². The van der Waals surface area contributed by atoms with Gasteiger partial charge >= 0.3 is 0 Å². The zero-order chi connectivity index (χ0) is 8.27. The first-order chi connectivity index (χ1) is 5.27. The number of ether oxygens (including phenoxy) is 1. The Labute approximate surface area is 70.4 Å². The molecule has 4 nitrogen and oxygen atoms in total. The van der Waals surface area contributed by atoms with Gasteiger partial charge in [-0.3, -0.25) is 4.79 Å². The standard InChI is InChI=1S/C8H10O3.H2O/c1-3-10-8-4-6(2)7(5-9)11-8;/h4-5H,3H2,1-2H3;1H2. The summed E-state index contributed by atoms with van der Waals surface area (Å²) in [6.07, 6.45) is 0.678. The average molecular weight is 172 g/mol. The number of aryl methyl sites for hydroxylation is 1. The summed E-state index contributed by atoms with van der Waals surface area (Å²) in [6.45, 7) is 4.21. The van der Waals surface area contributed by atoms with Crippen molar-refractivity contribution in [1.82, 2.24) is 0 Å². The Hall–Kier alpha value is -1.29. The van der Waals surface area contributed by atoms with E-state index in [1.165, 1.54) is 0 Å². The number of carbonyl (C=O) groups excluding carboxylic acids is 1. The second kappa shape index (κ2) is 4.56. The van der Waals surface area contributed by atoms with Crippen molar-refractivity contribution < 1.29 is 19.4 Å². The highest BCUT2D eigenvalue weighted by Gasteiger charge is 2.05. The first-order valence-corrected chi connectivity index (χ1v) is 3.46. The molecule has 0 aliphatic carbocycles. The van der Waals surface area contributed by atoms with Crippen molar-refractivity contribution >= 4 is 6.29 Å². The molecule has 0 amide bonds. The molecule has 0 aromatic carbocycles. The number of hydrogen-bond acceptors (Lipinski definition) is 3. The van der Waals surface area contributed by atoms with Crippen LogP contribution < -0.4 is 4.74 Å². The molecule has 0 radical (unpaired) electrons. The van der Waals surface area contributed by atoms with E-state index in [1.54, 1.807) is 13.0 Å². The van der Waals surface area contributed by atoms with Crippen LogP contribution in [-0.2, 0) is 0 Å². The van der Waals surface area contributed by atoms with Crippen LogP contribution >= 0.6 is 0 Å². The molecule has 12 heavy (non-hydrogen) atoms. The minimum atomic E-state index is 0. The second-order valence-corrected chi connectivity index (χ2v) is 2.16. The fourth-order valence-electron chi connectivity index (χ4n) is 0.797. The predicted molar refractivity (Wildman–Crippen MR) is 43.6 cm³/mol. The lowest BCUT2D eigenvalue weighted by Gasteiger charge is -1.93. The third kappa shape index (κ3) is 2.10. The van der Waals surface area contributed by atoms with Crippen LogP contribution in [0.5, 0.6) is 5.95 Å². The molecule has 0 aliphatic heterocycles. The maximum Gasteiger partial charge on any atom is 0.285 e. The molecular weight excluding hydrogens is 160 g/mol. The lowest BCUT2D eigenvalue weighted by molar-refractivity contribution is 0.109. The topological polar surface area (TPSA) is 70.9 Å². The molecule has 0 aliphatic rings. The molecule has 0 unspecified atom stereocenters. The van der Waals surface area contributed by atoms with E-state index in [2.05, 4.69) is 0 Å². The maximum absolute atomic E-state index is 10.3. The highest BCUT2D eigenvalue weighted by molar-refractivity contribution is 5.73. The summed E-state index contributed by atoms with van der Waals surface area (Å²) in [5, 5.41) is 0. The maximum atomic E-state index is 10.3. The van der Waals surface area contributed by atoms with Gasteiger partial charge in [0, 0.05) is 11.6 Å². The Balaban J connectivity index is 0.00000121. The normalized spacial score (nSPS) is 8.83. The smallest absolute Gasteiger partial charge is 0.285 e. The number of hydrogen-bond donors (Lipinski definition) is 0. The highest BCUT2D eigenvalue weighted by atomic mass is 16.6. The van der Waals surface area contributed by atoms with E-state index < -0.39 is 0 Å². The molecular formula is C8H12O4. The molecule has 0 fully saturated rings. The predicted octanol–water partition coefficient (Wildman–Crippen LogP) is 0.975. The molecule has 68 valence electrons. The van der Waals surface area contributed by atoms with Gasteiger partial charge in [-0.15, -0.1) is 0 Å². The summed E-state index contributed by atoms with van der Waals surface area (Å²) in [4.78, 5) is 10.3. The minimum absolute atomic E-state index is 0. The third-order valence-electron chi connectivity index (χ3n) is 1.33. The van der Waals surface area contributed by atoms with Gasteiger partial charge in [0.25, 0.3) is 5.95 Å². The first-order valence-electron chi connectivity index (χ1n) is 3.46. The summed E-state index contributed by atoms with van der Waals surface area (Å²) < 4.78 is 10.1. The van der Waals surface area contributed by atoms with Crippen molar-refractivity contribution in [2.75, 3.05) is 6.61 Å². The molecule has 4 heteroatoms. The molecule has 0 atom stereocenters. The van der Waals surface area contributed by atoms with Crippen LogP contribution in [0.4, 0.5) is 0 Å². The molecule has 1 rings (SSSR count). The van der Waals surface area contributed by atoms with Crippen LogP contribution in [0.25, 0.3) is 0 Å². The van der Waals surface area contributed by atoms with Gasteiger partial charge in [0.15, 0.2) is 12.0 Å². The third-order valence-corrected chi connectivity index (χ3v) is 1.33. The van der Waals surface area contributed by atoms with Gasteiger partial charge < -0.3 is 14.6 Å². The summed E-state index contributed by atoms with van der Waals surface area (Å²) in [5.74, 6) is 0.751. The van der Waals surface area contributed by atoms with E-state index in [1.807, 2.05) is 6.92 Å². The number of aldehydes is 1. The summed E-state index contributed by atoms with van der Waals surface area (Å²) in [6, 6.07) is 1.70. The minimum Gasteiger partial charge on any atom is -0.465 e. The molecule has 1 aromatic heterocycles. The monoisotopic (exact) mass is 172 g/mol. The van der Waals surface area contributed by atoms with Crippen LogP contribution in [0.2, 0.25) is 0 Å². The van der Waals surface area contributed by atoms with Crippen LogP contribution in [0.1, 0.15) is 23.0 Å². The van der Waals surface area contributed by atoms with Gasteiger partial charge in [-0.1, -0.05) is 0 Å². The fraction of sp³-hybridized carbons (Fsp3) is 0.375. The van der Waals surface area contributed by atoms with Crippen LogP contribution in [0.3, 0.4) is 0 Å². The fourth-order valence-corrected chi connectivity index (χ4v) is 0.797. The Bertz CT molecular complexity index is 252. The van der Waals surface area contributed by atoms with Crippen LogP contribution in [0.15, 0.2) is 10.5 Å². The molecule has 0 spiro atoms. The summed E-state index contributed by atoms with van der Waals surface area (Å²) >= 11 is 0. The lowest BCUT2D eigenvalue weighted by Crippen LogP contribution is -1.88. The van der Waals surface area contributed by atoms with Gasteiger partial charge in [-0.25, -0.2) is 0 Å². The van der Waals surface area contributed by atoms with E-state index in [0.29, 0.717) is 24.6 Å². The molecule has 1 heterocycles. The van der Waals surface area contributed by atoms with Gasteiger partial charge in [-0.05, 0) is 13.8 Å². The molecule has 1 aromatic rings. The van der Waals surface area contributed by atoms with Gasteiger partial charge in [0.2, 0.25) is 0 Å². The number of furan rings is 1. The Kier molecular flexibility index (Phi) is 4.07. The summed E-state index contributed by atoms with van der Waals surface area (Å²) in [7, 11) is 0. The quantitative estimate of drug-likeness (QED) is 0.638. The molecule has 0 bridgehead atoms. The SMILES string of the molecule is CCOc1cc(C)c(C=O)o1.O. The zero-order valence-electron chi connectivity index (χ0n) is 7.09. The summed E-state index contributed by atoms with van der Waals surface area (Å²) in [5.41, 5.74) is 0.809. The van der Waals surface area contributed by atoms with Crippen molar-refractivity contribution in [2.45, 2.75) is 13.8 Å².